The molecule has 1 N–H and O–H groups in total. The summed E-state index contributed by atoms with van der Waals surface area (Å²) in [5.41, 5.74) is 0.150. The fourth-order valence-electron chi connectivity index (χ4n) is 3.69. The third-order valence-corrected chi connectivity index (χ3v) is 5.10. The Hall–Kier alpha value is -0.0800. The van der Waals surface area contributed by atoms with Crippen molar-refractivity contribution in [2.75, 3.05) is 13.1 Å². The van der Waals surface area contributed by atoms with Crippen LogP contribution in [0.1, 0.15) is 78.1 Å². The summed E-state index contributed by atoms with van der Waals surface area (Å²) < 4.78 is 6.69. The minimum atomic E-state index is 0.150. The van der Waals surface area contributed by atoms with Gasteiger partial charge in [0, 0.05) is 6.54 Å². The van der Waals surface area contributed by atoms with Crippen LogP contribution in [-0.4, -0.2) is 24.8 Å². The Morgan fingerprint density at radius 3 is 2.21 bits per heavy atom. The van der Waals surface area contributed by atoms with E-state index in [-0.39, 0.29) is 5.60 Å². The zero-order valence-electron chi connectivity index (χ0n) is 13.0. The molecule has 0 spiro atoms. The van der Waals surface area contributed by atoms with Crippen LogP contribution in [0.15, 0.2) is 0 Å². The number of likely N-dealkylation sites (N-methyl/N-ethyl adjacent to an activating group) is 1. The van der Waals surface area contributed by atoms with Crippen molar-refractivity contribution in [2.24, 2.45) is 5.92 Å². The molecule has 2 heteroatoms. The Kier molecular flexibility index (Phi) is 6.15. The van der Waals surface area contributed by atoms with Crippen molar-refractivity contribution in [1.82, 2.24) is 5.32 Å². The minimum Gasteiger partial charge on any atom is -0.370 e. The van der Waals surface area contributed by atoms with E-state index in [1.807, 2.05) is 0 Å². The molecule has 0 unspecified atom stereocenters. The van der Waals surface area contributed by atoms with Crippen molar-refractivity contribution in [3.05, 3.63) is 0 Å². The molecule has 0 amide bonds. The lowest BCUT2D eigenvalue weighted by molar-refractivity contribution is -0.120. The highest BCUT2D eigenvalue weighted by Gasteiger charge is 2.36. The van der Waals surface area contributed by atoms with Crippen LogP contribution in [0.2, 0.25) is 0 Å². The summed E-state index contributed by atoms with van der Waals surface area (Å²) in [6.45, 7) is 6.71. The molecule has 0 aromatic carbocycles. The van der Waals surface area contributed by atoms with E-state index in [1.165, 1.54) is 64.2 Å². The van der Waals surface area contributed by atoms with Crippen molar-refractivity contribution < 1.29 is 4.74 Å². The van der Waals surface area contributed by atoms with Gasteiger partial charge in [0.2, 0.25) is 0 Å². The Labute approximate surface area is 119 Å². The lowest BCUT2D eigenvalue weighted by Crippen LogP contribution is -2.47. The van der Waals surface area contributed by atoms with Crippen LogP contribution >= 0.6 is 0 Å². The second kappa shape index (κ2) is 7.64. The maximum Gasteiger partial charge on any atom is 0.0810 e. The number of hydrogen-bond donors (Lipinski definition) is 1. The van der Waals surface area contributed by atoms with Crippen LogP contribution in [0.5, 0.6) is 0 Å². The smallest absolute Gasteiger partial charge is 0.0810 e. The molecule has 2 nitrogen and oxygen atoms in total. The van der Waals surface area contributed by atoms with Gasteiger partial charge in [-0.05, 0) is 51.0 Å². The standard InChI is InChI=1S/C17H33NO/c1-3-18-14-17(12-10-15(2)11-13-17)19-16-8-6-4-5-7-9-16/h15-16,18H,3-14H2,1-2H3. The SMILES string of the molecule is CCNCC1(OC2CCCCCC2)CCC(C)CC1. The maximum absolute atomic E-state index is 6.69. The molecule has 0 bridgehead atoms. The quantitative estimate of drug-likeness (QED) is 0.751. The van der Waals surface area contributed by atoms with Crippen molar-refractivity contribution in [3.8, 4) is 0 Å². The zero-order valence-corrected chi connectivity index (χ0v) is 13.0. The van der Waals surface area contributed by atoms with E-state index in [9.17, 15) is 0 Å². The monoisotopic (exact) mass is 267 g/mol. The van der Waals surface area contributed by atoms with Crippen LogP contribution in [0.4, 0.5) is 0 Å². The van der Waals surface area contributed by atoms with Gasteiger partial charge in [0.25, 0.3) is 0 Å². The molecule has 0 saturated heterocycles. The lowest BCUT2D eigenvalue weighted by atomic mass is 9.79. The van der Waals surface area contributed by atoms with Crippen LogP contribution in [0.25, 0.3) is 0 Å². The Morgan fingerprint density at radius 1 is 1.00 bits per heavy atom. The van der Waals surface area contributed by atoms with Gasteiger partial charge in [0.15, 0.2) is 0 Å². The number of rotatable bonds is 5. The molecule has 0 aromatic rings. The number of ether oxygens (including phenoxy) is 1. The highest BCUT2D eigenvalue weighted by atomic mass is 16.5. The van der Waals surface area contributed by atoms with Gasteiger partial charge < -0.3 is 10.1 Å². The van der Waals surface area contributed by atoms with Crippen LogP contribution in [-0.2, 0) is 4.74 Å². The first kappa shape index (κ1) is 15.3. The summed E-state index contributed by atoms with van der Waals surface area (Å²) in [5, 5.41) is 3.55. The summed E-state index contributed by atoms with van der Waals surface area (Å²) in [4.78, 5) is 0. The van der Waals surface area contributed by atoms with E-state index in [4.69, 9.17) is 4.74 Å². The fraction of sp³-hybridized carbons (Fsp3) is 1.00. The predicted octanol–water partition coefficient (Wildman–Crippen LogP) is 4.28. The van der Waals surface area contributed by atoms with Gasteiger partial charge in [0.1, 0.15) is 0 Å². The van der Waals surface area contributed by atoms with E-state index in [0.29, 0.717) is 6.10 Å². The average Bonchev–Trinajstić information content (AvgIpc) is 2.68. The van der Waals surface area contributed by atoms with Gasteiger partial charge >= 0.3 is 0 Å². The van der Waals surface area contributed by atoms with Gasteiger partial charge in [-0.3, -0.25) is 0 Å². The molecular formula is C17H33NO. The van der Waals surface area contributed by atoms with E-state index in [1.54, 1.807) is 0 Å². The topological polar surface area (TPSA) is 21.3 Å². The third kappa shape index (κ3) is 4.75. The Balaban J connectivity index is 1.92. The molecule has 2 aliphatic rings. The molecule has 0 atom stereocenters. The summed E-state index contributed by atoms with van der Waals surface area (Å²) in [5.74, 6) is 0.896. The van der Waals surface area contributed by atoms with Gasteiger partial charge in [-0.1, -0.05) is 39.5 Å². The first-order valence-electron chi connectivity index (χ1n) is 8.63. The second-order valence-corrected chi connectivity index (χ2v) is 6.88. The van der Waals surface area contributed by atoms with Gasteiger partial charge in [-0.15, -0.1) is 0 Å². The van der Waals surface area contributed by atoms with Crippen molar-refractivity contribution in [1.29, 1.82) is 0 Å². The molecule has 0 radical (unpaired) electrons. The van der Waals surface area contributed by atoms with E-state index < -0.39 is 0 Å². The predicted molar refractivity (Wildman–Crippen MR) is 81.5 cm³/mol. The first-order valence-corrected chi connectivity index (χ1v) is 8.63. The van der Waals surface area contributed by atoms with E-state index in [2.05, 4.69) is 19.2 Å². The number of hydrogen-bond acceptors (Lipinski definition) is 2. The Morgan fingerprint density at radius 2 is 1.63 bits per heavy atom. The average molecular weight is 267 g/mol. The van der Waals surface area contributed by atoms with Crippen LogP contribution in [0, 0.1) is 5.92 Å². The molecule has 2 aliphatic carbocycles. The zero-order chi connectivity index (χ0) is 13.6. The highest BCUT2D eigenvalue weighted by molar-refractivity contribution is 4.89. The largest absolute Gasteiger partial charge is 0.370 e. The van der Waals surface area contributed by atoms with Crippen molar-refractivity contribution >= 4 is 0 Å². The molecule has 2 fully saturated rings. The first-order chi connectivity index (χ1) is 9.24. The summed E-state index contributed by atoms with van der Waals surface area (Å²) in [6.07, 6.45) is 13.9. The molecule has 0 aromatic heterocycles. The summed E-state index contributed by atoms with van der Waals surface area (Å²) in [6, 6.07) is 0. The molecule has 112 valence electrons. The highest BCUT2D eigenvalue weighted by Crippen LogP contribution is 2.37. The molecular weight excluding hydrogens is 234 g/mol. The Bertz CT molecular complexity index is 232. The normalized spacial score (nSPS) is 34.1. The lowest BCUT2D eigenvalue weighted by Gasteiger charge is -2.42. The molecule has 2 saturated carbocycles. The number of nitrogens with one attached hydrogen (secondary N) is 1. The van der Waals surface area contributed by atoms with Gasteiger partial charge in [0.05, 0.1) is 11.7 Å². The molecule has 0 heterocycles. The molecule has 19 heavy (non-hydrogen) atoms. The molecule has 0 aliphatic heterocycles. The second-order valence-electron chi connectivity index (χ2n) is 6.88. The van der Waals surface area contributed by atoms with Crippen molar-refractivity contribution in [3.63, 3.8) is 0 Å². The van der Waals surface area contributed by atoms with E-state index in [0.717, 1.165) is 19.0 Å². The van der Waals surface area contributed by atoms with Crippen LogP contribution in [0.3, 0.4) is 0 Å². The summed E-state index contributed by atoms with van der Waals surface area (Å²) in [7, 11) is 0. The maximum atomic E-state index is 6.69. The summed E-state index contributed by atoms with van der Waals surface area (Å²) >= 11 is 0. The van der Waals surface area contributed by atoms with Crippen molar-refractivity contribution in [2.45, 2.75) is 89.8 Å². The minimum absolute atomic E-state index is 0.150. The third-order valence-electron chi connectivity index (χ3n) is 5.10. The molecule has 2 rings (SSSR count). The van der Waals surface area contributed by atoms with Gasteiger partial charge in [-0.2, -0.15) is 0 Å². The van der Waals surface area contributed by atoms with Crippen LogP contribution < -0.4 is 5.32 Å². The fourth-order valence-corrected chi connectivity index (χ4v) is 3.69. The van der Waals surface area contributed by atoms with E-state index >= 15 is 0 Å². The van der Waals surface area contributed by atoms with Gasteiger partial charge in [-0.25, -0.2) is 0 Å².